The van der Waals surface area contributed by atoms with Crippen LogP contribution in [-0.4, -0.2) is 45.7 Å². The highest BCUT2D eigenvalue weighted by Gasteiger charge is 2.23. The standard InChI is InChI=1S/C19H23N5O/c1-22(13-15-12-19(25)24-18(21-15)9-10-20-24)17-8-5-11-23(14-17)16-6-3-2-4-7-16/h2-4,6-7,9-10,12,17,20H,5,8,11,13-14H2,1H3. The number of para-hydroxylation sites is 1. The summed E-state index contributed by atoms with van der Waals surface area (Å²) < 4.78 is 1.46. The molecule has 4 rings (SSSR count). The Morgan fingerprint density at radius 3 is 2.96 bits per heavy atom. The quantitative estimate of drug-likeness (QED) is 0.792. The van der Waals surface area contributed by atoms with Crippen LogP contribution < -0.4 is 10.5 Å². The minimum Gasteiger partial charge on any atom is -0.370 e. The summed E-state index contributed by atoms with van der Waals surface area (Å²) in [6, 6.07) is 14.5. The Morgan fingerprint density at radius 2 is 2.12 bits per heavy atom. The van der Waals surface area contributed by atoms with Gasteiger partial charge in [0.05, 0.1) is 5.69 Å². The summed E-state index contributed by atoms with van der Waals surface area (Å²) in [6.45, 7) is 2.79. The Balaban J connectivity index is 1.48. The van der Waals surface area contributed by atoms with E-state index in [9.17, 15) is 4.79 Å². The number of hydrogen-bond donors (Lipinski definition) is 1. The minimum atomic E-state index is -0.0621. The fraction of sp³-hybridized carbons (Fsp3) is 0.368. The number of nitrogens with one attached hydrogen (secondary N) is 1. The van der Waals surface area contributed by atoms with Crippen LogP contribution in [0, 0.1) is 0 Å². The third kappa shape index (κ3) is 3.30. The van der Waals surface area contributed by atoms with Gasteiger partial charge in [-0.3, -0.25) is 14.8 Å². The van der Waals surface area contributed by atoms with Gasteiger partial charge in [-0.2, -0.15) is 0 Å². The van der Waals surface area contributed by atoms with Gasteiger partial charge in [0.15, 0.2) is 5.65 Å². The molecule has 0 bridgehead atoms. The monoisotopic (exact) mass is 337 g/mol. The number of piperidine rings is 1. The second kappa shape index (κ2) is 6.72. The number of nitrogens with zero attached hydrogens (tertiary/aromatic N) is 4. The van der Waals surface area contributed by atoms with Crippen molar-refractivity contribution in [2.24, 2.45) is 0 Å². The lowest BCUT2D eigenvalue weighted by Gasteiger charge is -2.38. The number of H-pyrrole nitrogens is 1. The number of likely N-dealkylation sites (N-methyl/N-ethyl adjacent to an activating group) is 1. The Labute approximate surface area is 146 Å². The van der Waals surface area contributed by atoms with Gasteiger partial charge in [-0.05, 0) is 32.0 Å². The Hall–Kier alpha value is -2.60. The molecule has 0 saturated carbocycles. The first-order chi connectivity index (χ1) is 12.2. The first-order valence-corrected chi connectivity index (χ1v) is 8.77. The minimum absolute atomic E-state index is 0.0621. The third-order valence-corrected chi connectivity index (χ3v) is 4.99. The Kier molecular flexibility index (Phi) is 4.28. The second-order valence-electron chi connectivity index (χ2n) is 6.73. The van der Waals surface area contributed by atoms with Gasteiger partial charge >= 0.3 is 0 Å². The van der Waals surface area contributed by atoms with Crippen LogP contribution in [0.5, 0.6) is 0 Å². The van der Waals surface area contributed by atoms with Crippen LogP contribution in [0.1, 0.15) is 18.5 Å². The predicted molar refractivity (Wildman–Crippen MR) is 99.0 cm³/mol. The van der Waals surface area contributed by atoms with Gasteiger partial charge in [0.1, 0.15) is 0 Å². The molecule has 1 aromatic carbocycles. The molecule has 1 N–H and O–H groups in total. The van der Waals surface area contributed by atoms with Gasteiger partial charge in [-0.15, -0.1) is 0 Å². The van der Waals surface area contributed by atoms with Crippen molar-refractivity contribution >= 4 is 11.3 Å². The molecule has 3 aromatic rings. The first-order valence-electron chi connectivity index (χ1n) is 8.77. The number of fused-ring (bicyclic) bond motifs is 1. The maximum absolute atomic E-state index is 12.1. The van der Waals surface area contributed by atoms with Crippen molar-refractivity contribution in [1.29, 1.82) is 0 Å². The van der Waals surface area contributed by atoms with Crippen molar-refractivity contribution in [3.8, 4) is 0 Å². The van der Waals surface area contributed by atoms with Gasteiger partial charge < -0.3 is 4.90 Å². The molecule has 3 heterocycles. The average molecular weight is 337 g/mol. The molecule has 2 aromatic heterocycles. The summed E-state index contributed by atoms with van der Waals surface area (Å²) >= 11 is 0. The van der Waals surface area contributed by atoms with Crippen molar-refractivity contribution < 1.29 is 0 Å². The molecule has 130 valence electrons. The fourth-order valence-corrected chi connectivity index (χ4v) is 3.63. The van der Waals surface area contributed by atoms with Crippen molar-refractivity contribution in [2.75, 3.05) is 25.0 Å². The van der Waals surface area contributed by atoms with Crippen molar-refractivity contribution in [3.63, 3.8) is 0 Å². The second-order valence-corrected chi connectivity index (χ2v) is 6.73. The predicted octanol–water partition coefficient (Wildman–Crippen LogP) is 2.12. The molecule has 1 aliphatic rings. The van der Waals surface area contributed by atoms with E-state index in [0.717, 1.165) is 18.8 Å². The maximum atomic E-state index is 12.1. The van der Waals surface area contributed by atoms with Crippen molar-refractivity contribution in [1.82, 2.24) is 19.5 Å². The van der Waals surface area contributed by atoms with Gasteiger partial charge in [0.2, 0.25) is 0 Å². The highest BCUT2D eigenvalue weighted by atomic mass is 16.1. The summed E-state index contributed by atoms with van der Waals surface area (Å²) in [6.07, 6.45) is 4.08. The molecule has 1 unspecified atom stereocenters. The molecular formula is C19H23N5O. The van der Waals surface area contributed by atoms with Crippen LogP contribution in [0.2, 0.25) is 0 Å². The molecule has 0 aliphatic carbocycles. The zero-order valence-corrected chi connectivity index (χ0v) is 14.4. The summed E-state index contributed by atoms with van der Waals surface area (Å²) in [5, 5.41) is 2.88. The summed E-state index contributed by atoms with van der Waals surface area (Å²) in [5.74, 6) is 0. The zero-order chi connectivity index (χ0) is 17.2. The fourth-order valence-electron chi connectivity index (χ4n) is 3.63. The molecule has 1 aliphatic heterocycles. The molecule has 1 atom stereocenters. The number of aromatic nitrogens is 3. The molecule has 0 spiro atoms. The van der Waals surface area contributed by atoms with Crippen molar-refractivity contribution in [2.45, 2.75) is 25.4 Å². The van der Waals surface area contributed by atoms with Gasteiger partial charge in [0.25, 0.3) is 5.56 Å². The number of aromatic amines is 1. The van der Waals surface area contributed by atoms with E-state index < -0.39 is 0 Å². The summed E-state index contributed by atoms with van der Waals surface area (Å²) in [7, 11) is 2.12. The molecular weight excluding hydrogens is 314 g/mol. The van der Waals surface area contributed by atoms with Gasteiger partial charge in [-0.25, -0.2) is 9.50 Å². The molecule has 25 heavy (non-hydrogen) atoms. The average Bonchev–Trinajstić information content (AvgIpc) is 3.12. The zero-order valence-electron chi connectivity index (χ0n) is 14.4. The summed E-state index contributed by atoms with van der Waals surface area (Å²) in [5.41, 5.74) is 2.72. The van der Waals surface area contributed by atoms with Crippen LogP contribution in [0.4, 0.5) is 5.69 Å². The topological polar surface area (TPSA) is 56.6 Å². The van der Waals surface area contributed by atoms with E-state index in [-0.39, 0.29) is 5.56 Å². The summed E-state index contributed by atoms with van der Waals surface area (Å²) in [4.78, 5) is 21.5. The molecule has 0 amide bonds. The molecule has 6 heteroatoms. The van der Waals surface area contributed by atoms with E-state index in [2.05, 4.69) is 57.3 Å². The Bertz CT molecular complexity index is 901. The van der Waals surface area contributed by atoms with E-state index >= 15 is 0 Å². The normalized spacial score (nSPS) is 18.2. The lowest BCUT2D eigenvalue weighted by molar-refractivity contribution is 0.205. The van der Waals surface area contributed by atoms with Crippen LogP contribution in [-0.2, 0) is 6.54 Å². The highest BCUT2D eigenvalue weighted by Crippen LogP contribution is 2.22. The van der Waals surface area contributed by atoms with E-state index in [1.165, 1.54) is 23.0 Å². The van der Waals surface area contributed by atoms with Crippen LogP contribution >= 0.6 is 0 Å². The number of benzene rings is 1. The van der Waals surface area contributed by atoms with E-state index in [4.69, 9.17) is 0 Å². The molecule has 6 nitrogen and oxygen atoms in total. The number of anilines is 1. The van der Waals surface area contributed by atoms with Crippen molar-refractivity contribution in [3.05, 3.63) is 64.7 Å². The molecule has 1 saturated heterocycles. The Morgan fingerprint density at radius 1 is 1.28 bits per heavy atom. The van der Waals surface area contributed by atoms with E-state index in [1.54, 1.807) is 12.3 Å². The number of rotatable bonds is 4. The van der Waals surface area contributed by atoms with Crippen LogP contribution in [0.25, 0.3) is 5.65 Å². The molecule has 1 fully saturated rings. The number of hydrogen-bond acceptors (Lipinski definition) is 4. The van der Waals surface area contributed by atoms with Crippen LogP contribution in [0.15, 0.2) is 53.5 Å². The van der Waals surface area contributed by atoms with E-state index in [1.807, 2.05) is 6.07 Å². The lowest BCUT2D eigenvalue weighted by atomic mass is 10.0. The largest absolute Gasteiger partial charge is 0.370 e. The highest BCUT2D eigenvalue weighted by molar-refractivity contribution is 5.46. The maximum Gasteiger partial charge on any atom is 0.272 e. The lowest BCUT2D eigenvalue weighted by Crippen LogP contribution is -2.46. The van der Waals surface area contributed by atoms with Crippen LogP contribution in [0.3, 0.4) is 0 Å². The van der Waals surface area contributed by atoms with Gasteiger partial charge in [-0.1, -0.05) is 18.2 Å². The third-order valence-electron chi connectivity index (χ3n) is 4.99. The first kappa shape index (κ1) is 15.9. The SMILES string of the molecule is CN(Cc1cc(=O)n2[nH]ccc2n1)C1CCCN(c2ccccc2)C1. The van der Waals surface area contributed by atoms with Gasteiger partial charge in [0, 0.05) is 49.7 Å². The molecule has 0 radical (unpaired) electrons. The smallest absolute Gasteiger partial charge is 0.272 e. The van der Waals surface area contributed by atoms with E-state index in [0.29, 0.717) is 18.2 Å².